The average molecular weight is 292 g/mol. The Morgan fingerprint density at radius 2 is 1.74 bits per heavy atom. The summed E-state index contributed by atoms with van der Waals surface area (Å²) < 4.78 is 62.9. The molecule has 0 aliphatic carbocycles. The van der Waals surface area contributed by atoms with Gasteiger partial charge in [0.1, 0.15) is 0 Å². The summed E-state index contributed by atoms with van der Waals surface area (Å²) in [6.07, 6.45) is -3.68. The zero-order chi connectivity index (χ0) is 14.6. The van der Waals surface area contributed by atoms with Crippen LogP contribution in [0.15, 0.2) is 28.0 Å². The third-order valence-electron chi connectivity index (χ3n) is 2.80. The molecule has 0 unspecified atom stereocenters. The molecule has 1 N–H and O–H groups in total. The molecule has 0 aromatic heterocycles. The Hall–Kier alpha value is -1.34. The van der Waals surface area contributed by atoms with Gasteiger partial charge in [-0.1, -0.05) is 12.1 Å². The summed E-state index contributed by atoms with van der Waals surface area (Å²) in [4.78, 5) is -1.20. The highest BCUT2D eigenvalue weighted by molar-refractivity contribution is 7.96. The fourth-order valence-electron chi connectivity index (χ4n) is 2.03. The van der Waals surface area contributed by atoms with Crippen molar-refractivity contribution in [1.82, 2.24) is 0 Å². The maximum Gasteiger partial charge on any atom is 0.417 e. The molecule has 0 radical (unpaired) electrons. The van der Waals surface area contributed by atoms with Crippen molar-refractivity contribution in [3.63, 3.8) is 0 Å². The lowest BCUT2D eigenvalue weighted by molar-refractivity contribution is -0.139. The maximum absolute atomic E-state index is 12.9. The lowest BCUT2D eigenvalue weighted by Gasteiger charge is -2.19. The van der Waals surface area contributed by atoms with E-state index in [9.17, 15) is 26.7 Å². The number of benzene rings is 1. The molecule has 19 heavy (non-hydrogen) atoms. The summed E-state index contributed by atoms with van der Waals surface area (Å²) in [5.74, 6) is 0. The maximum atomic E-state index is 12.9. The van der Waals surface area contributed by atoms with Gasteiger partial charge in [-0.25, -0.2) is 8.42 Å². The molecule has 7 heteroatoms. The second-order valence-electron chi connectivity index (χ2n) is 4.79. The van der Waals surface area contributed by atoms with Crippen LogP contribution in [-0.4, -0.2) is 19.1 Å². The zero-order valence-corrected chi connectivity index (χ0v) is 10.9. The van der Waals surface area contributed by atoms with Gasteiger partial charge in [-0.3, -0.25) is 0 Å². The lowest BCUT2D eigenvalue weighted by atomic mass is 10.1. The molecule has 0 saturated heterocycles. The van der Waals surface area contributed by atoms with Crippen molar-refractivity contribution in [2.45, 2.75) is 30.5 Å². The van der Waals surface area contributed by atoms with Crippen molar-refractivity contribution >= 4 is 15.9 Å². The monoisotopic (exact) mass is 292 g/mol. The SMILES string of the molecule is CC(C)(O)C1=Cc2cccc(C(F)(F)F)c2S1(=O)=O. The van der Waals surface area contributed by atoms with Gasteiger partial charge in [0.25, 0.3) is 0 Å². The number of sulfone groups is 1. The van der Waals surface area contributed by atoms with E-state index in [0.29, 0.717) is 0 Å². The van der Waals surface area contributed by atoms with Gasteiger partial charge in [0.2, 0.25) is 9.84 Å². The highest BCUT2D eigenvalue weighted by Gasteiger charge is 2.45. The van der Waals surface area contributed by atoms with E-state index in [1.165, 1.54) is 19.9 Å². The predicted octanol–water partition coefficient (Wildman–Crippen LogP) is 2.60. The van der Waals surface area contributed by atoms with Crippen LogP contribution in [0.2, 0.25) is 0 Å². The van der Waals surface area contributed by atoms with Crippen LogP contribution in [0.25, 0.3) is 6.08 Å². The predicted molar refractivity (Wildman–Crippen MR) is 62.9 cm³/mol. The molecule has 0 atom stereocenters. The number of halogens is 3. The molecule has 0 spiro atoms. The van der Waals surface area contributed by atoms with E-state index in [1.807, 2.05) is 0 Å². The number of hydrogen-bond acceptors (Lipinski definition) is 3. The highest BCUT2D eigenvalue weighted by Crippen LogP contribution is 2.44. The smallest absolute Gasteiger partial charge is 0.385 e. The Morgan fingerprint density at radius 3 is 2.21 bits per heavy atom. The molecule has 3 nitrogen and oxygen atoms in total. The van der Waals surface area contributed by atoms with Gasteiger partial charge >= 0.3 is 6.18 Å². The minimum Gasteiger partial charge on any atom is -0.385 e. The molecule has 0 amide bonds. The van der Waals surface area contributed by atoms with E-state index < -0.39 is 37.0 Å². The van der Waals surface area contributed by atoms with E-state index in [2.05, 4.69) is 0 Å². The van der Waals surface area contributed by atoms with Gasteiger partial charge < -0.3 is 5.11 Å². The van der Waals surface area contributed by atoms with Crippen molar-refractivity contribution in [2.75, 3.05) is 0 Å². The molecule has 2 rings (SSSR count). The lowest BCUT2D eigenvalue weighted by Crippen LogP contribution is -2.26. The first-order valence-electron chi connectivity index (χ1n) is 5.35. The zero-order valence-electron chi connectivity index (χ0n) is 10.1. The number of alkyl halides is 3. The largest absolute Gasteiger partial charge is 0.417 e. The molecule has 0 fully saturated rings. The molecular weight excluding hydrogens is 281 g/mol. The molecule has 1 heterocycles. The van der Waals surface area contributed by atoms with E-state index in [1.54, 1.807) is 0 Å². The summed E-state index contributed by atoms with van der Waals surface area (Å²) in [6, 6.07) is 3.14. The van der Waals surface area contributed by atoms with Crippen LogP contribution >= 0.6 is 0 Å². The van der Waals surface area contributed by atoms with Gasteiger partial charge in [-0.05, 0) is 31.6 Å². The Labute approximate surface area is 108 Å². The molecule has 1 aromatic rings. The van der Waals surface area contributed by atoms with E-state index in [-0.39, 0.29) is 5.56 Å². The summed E-state index contributed by atoms with van der Waals surface area (Å²) in [6.45, 7) is 2.44. The Kier molecular flexibility index (Phi) is 2.84. The van der Waals surface area contributed by atoms with Crippen LogP contribution in [0.4, 0.5) is 13.2 Å². The van der Waals surface area contributed by atoms with Gasteiger partial charge in [0.15, 0.2) is 0 Å². The molecule has 1 aliphatic heterocycles. The Bertz CT molecular complexity index is 664. The van der Waals surface area contributed by atoms with Crippen LogP contribution in [-0.2, 0) is 16.0 Å². The molecule has 0 bridgehead atoms. The van der Waals surface area contributed by atoms with Gasteiger partial charge in [-0.15, -0.1) is 0 Å². The third-order valence-corrected chi connectivity index (χ3v) is 4.99. The van der Waals surface area contributed by atoms with Crippen LogP contribution in [0.3, 0.4) is 0 Å². The second-order valence-corrected chi connectivity index (χ2v) is 6.65. The van der Waals surface area contributed by atoms with Crippen LogP contribution in [0.5, 0.6) is 0 Å². The summed E-state index contributed by atoms with van der Waals surface area (Å²) >= 11 is 0. The first-order chi connectivity index (χ1) is 8.45. The molecule has 104 valence electrons. The van der Waals surface area contributed by atoms with Crippen molar-refractivity contribution in [2.24, 2.45) is 0 Å². The molecule has 1 aliphatic rings. The first-order valence-corrected chi connectivity index (χ1v) is 6.84. The molecule has 1 aromatic carbocycles. The number of fused-ring (bicyclic) bond motifs is 1. The molecule has 0 saturated carbocycles. The van der Waals surface area contributed by atoms with E-state index in [4.69, 9.17) is 0 Å². The standard InChI is InChI=1S/C12H11F3O3S/c1-11(2,16)9-6-7-4-3-5-8(12(13,14)15)10(7)19(9,17)18/h3-6,16H,1-2H3. The Morgan fingerprint density at radius 1 is 1.16 bits per heavy atom. The average Bonchev–Trinajstić information content (AvgIpc) is 2.49. The van der Waals surface area contributed by atoms with E-state index in [0.717, 1.165) is 18.2 Å². The topological polar surface area (TPSA) is 54.4 Å². The first kappa shape index (κ1) is 14.1. The fraction of sp³-hybridized carbons (Fsp3) is 0.333. The van der Waals surface area contributed by atoms with Gasteiger partial charge in [0.05, 0.1) is 21.0 Å². The van der Waals surface area contributed by atoms with E-state index >= 15 is 0 Å². The molecular formula is C12H11F3O3S. The second kappa shape index (κ2) is 3.83. The Balaban J connectivity index is 2.77. The van der Waals surface area contributed by atoms with Gasteiger partial charge in [-0.2, -0.15) is 13.2 Å². The minimum atomic E-state index is -4.76. The fourth-order valence-corrected chi connectivity index (χ4v) is 4.10. The van der Waals surface area contributed by atoms with Gasteiger partial charge in [0, 0.05) is 0 Å². The minimum absolute atomic E-state index is 0.0491. The summed E-state index contributed by atoms with van der Waals surface area (Å²) in [5.41, 5.74) is -2.99. The van der Waals surface area contributed by atoms with Crippen LogP contribution in [0, 0.1) is 0 Å². The number of hydrogen-bond donors (Lipinski definition) is 1. The van der Waals surface area contributed by atoms with Crippen molar-refractivity contribution < 1.29 is 26.7 Å². The van der Waals surface area contributed by atoms with Crippen molar-refractivity contribution in [1.29, 1.82) is 0 Å². The normalized spacial score (nSPS) is 18.1. The summed E-state index contributed by atoms with van der Waals surface area (Å²) in [7, 11) is -4.33. The highest BCUT2D eigenvalue weighted by atomic mass is 32.2. The quantitative estimate of drug-likeness (QED) is 0.865. The number of rotatable bonds is 1. The number of aliphatic hydroxyl groups is 1. The third kappa shape index (κ3) is 2.17. The van der Waals surface area contributed by atoms with Crippen LogP contribution in [0.1, 0.15) is 25.0 Å². The van der Waals surface area contributed by atoms with Crippen molar-refractivity contribution in [3.8, 4) is 0 Å². The summed E-state index contributed by atoms with van der Waals surface area (Å²) in [5, 5.41) is 9.79. The van der Waals surface area contributed by atoms with Crippen LogP contribution < -0.4 is 0 Å². The van der Waals surface area contributed by atoms with Crippen molar-refractivity contribution in [3.05, 3.63) is 34.2 Å².